The number of alkyl carbamates (subject to hydrolysis) is 2. The second-order valence-corrected chi connectivity index (χ2v) is 13.1. The quantitative estimate of drug-likeness (QED) is 0.0858. The van der Waals surface area contributed by atoms with Crippen molar-refractivity contribution >= 4 is 40.7 Å². The smallest absolute Gasteiger partial charge is 0.407 e. The van der Waals surface area contributed by atoms with Crippen LogP contribution < -0.4 is 16.0 Å². The van der Waals surface area contributed by atoms with Gasteiger partial charge in [-0.2, -0.15) is 0 Å². The van der Waals surface area contributed by atoms with Crippen LogP contribution in [0.25, 0.3) is 22.0 Å². The molecule has 1 saturated heterocycles. The summed E-state index contributed by atoms with van der Waals surface area (Å²) in [7, 11) is 2.47. The van der Waals surface area contributed by atoms with Crippen molar-refractivity contribution in [2.45, 2.75) is 58.0 Å². The predicted octanol–water partition coefficient (Wildman–Crippen LogP) is 3.89. The number of likely N-dealkylation sites (tertiary alicyclic amines) is 1. The molecule has 16 nitrogen and oxygen atoms in total. The number of carboxylic acids is 1. The van der Waals surface area contributed by atoms with Crippen molar-refractivity contribution in [2.75, 3.05) is 33.9 Å². The molecule has 5 rings (SSSR count). The zero-order valence-corrected chi connectivity index (χ0v) is 30.6. The number of aromatic carboxylic acids is 1. The molecule has 4 aromatic rings. The number of aromatic amines is 2. The number of amides is 4. The van der Waals surface area contributed by atoms with Crippen LogP contribution in [0.4, 0.5) is 9.59 Å². The fraction of sp³-hybridized carbons (Fsp3) is 0.395. The first-order chi connectivity index (χ1) is 26.0. The van der Waals surface area contributed by atoms with Gasteiger partial charge in [-0.15, -0.1) is 0 Å². The van der Waals surface area contributed by atoms with E-state index in [1.54, 1.807) is 11.1 Å². The molecule has 16 heteroatoms. The summed E-state index contributed by atoms with van der Waals surface area (Å²) in [6.45, 7) is 4.42. The number of nitrogens with zero attached hydrogens (tertiary/aromatic N) is 3. The van der Waals surface area contributed by atoms with Gasteiger partial charge in [0.25, 0.3) is 0 Å². The van der Waals surface area contributed by atoms with Gasteiger partial charge < -0.3 is 45.4 Å². The van der Waals surface area contributed by atoms with Crippen LogP contribution >= 0.6 is 0 Å². The number of carboxylic acid groups (broad SMARTS) is 1. The number of ether oxygens (including phenoxy) is 2. The van der Waals surface area contributed by atoms with Crippen molar-refractivity contribution in [2.24, 2.45) is 5.92 Å². The Bertz CT molecular complexity index is 2080. The molecular weight excluding hydrogens is 696 g/mol. The Morgan fingerprint density at radius 1 is 0.981 bits per heavy atom. The van der Waals surface area contributed by atoms with Gasteiger partial charge in [-0.1, -0.05) is 38.0 Å². The SMILES string of the molecule is COC(=O)NCC(=O)NCCCCc1ncc(-c2ccc3cc(C#Cc4[nH]c(C5CCCN5C(=O)C(NC(=O)OC)C(C)C)nc4C(=O)O)ccc3c2)[nH]1. The molecule has 54 heavy (non-hydrogen) atoms. The highest BCUT2D eigenvalue weighted by molar-refractivity contribution is 5.90. The van der Waals surface area contributed by atoms with Crippen LogP contribution in [-0.4, -0.2) is 99.8 Å². The number of nitrogens with one attached hydrogen (secondary N) is 5. The van der Waals surface area contributed by atoms with Crippen molar-refractivity contribution in [1.29, 1.82) is 0 Å². The number of H-pyrrole nitrogens is 2. The fourth-order valence-electron chi connectivity index (χ4n) is 6.18. The molecule has 284 valence electrons. The highest BCUT2D eigenvalue weighted by atomic mass is 16.5. The van der Waals surface area contributed by atoms with Gasteiger partial charge in [0.1, 0.15) is 23.4 Å². The average molecular weight is 741 g/mol. The highest BCUT2D eigenvalue weighted by Crippen LogP contribution is 2.32. The molecule has 0 bridgehead atoms. The lowest BCUT2D eigenvalue weighted by molar-refractivity contribution is -0.135. The van der Waals surface area contributed by atoms with Gasteiger partial charge >= 0.3 is 18.2 Å². The van der Waals surface area contributed by atoms with E-state index in [0.29, 0.717) is 43.7 Å². The number of fused-ring (bicyclic) bond motifs is 1. The Morgan fingerprint density at radius 3 is 2.48 bits per heavy atom. The second kappa shape index (κ2) is 17.9. The zero-order chi connectivity index (χ0) is 38.8. The third-order valence-electron chi connectivity index (χ3n) is 9.02. The standard InChI is InChI=1S/C38H44N8O8/c1-22(2)32(45-38(52)54-4)35(48)46-17-7-8-29(46)34-43-27(33(44-34)36(49)50)15-11-23-10-12-25-19-26(14-13-24(25)18-23)28-20-40-30(42-28)9-5-6-16-39-31(47)21-41-37(51)53-3/h10,12-14,18-20,22,29,32H,5-9,16-17,21H2,1-4H3,(H,39,47)(H,40,42)(H,41,51)(H,43,44)(H,45,52)(H,49,50). The zero-order valence-electron chi connectivity index (χ0n) is 30.6. The van der Waals surface area contributed by atoms with E-state index in [1.165, 1.54) is 14.2 Å². The molecule has 0 radical (unpaired) electrons. The van der Waals surface area contributed by atoms with Crippen LogP contribution in [0.3, 0.4) is 0 Å². The van der Waals surface area contributed by atoms with E-state index < -0.39 is 30.2 Å². The van der Waals surface area contributed by atoms with E-state index >= 15 is 0 Å². The molecule has 0 saturated carbocycles. The number of aromatic nitrogens is 4. The Balaban J connectivity index is 1.23. The fourth-order valence-corrected chi connectivity index (χ4v) is 6.18. The van der Waals surface area contributed by atoms with Gasteiger partial charge in [0.05, 0.1) is 38.7 Å². The molecule has 2 aromatic carbocycles. The number of hydrogen-bond acceptors (Lipinski definition) is 9. The largest absolute Gasteiger partial charge is 0.476 e. The number of aryl methyl sites for hydroxylation is 1. The number of carbonyl (C=O) groups is 5. The van der Waals surface area contributed by atoms with Crippen LogP contribution in [0.1, 0.15) is 79.0 Å². The molecule has 2 atom stereocenters. The van der Waals surface area contributed by atoms with Gasteiger partial charge in [0, 0.05) is 30.6 Å². The first kappa shape index (κ1) is 38.9. The molecular formula is C38H44N8O8. The summed E-state index contributed by atoms with van der Waals surface area (Å²) in [5, 5.41) is 19.6. The summed E-state index contributed by atoms with van der Waals surface area (Å²) >= 11 is 0. The summed E-state index contributed by atoms with van der Waals surface area (Å²) < 4.78 is 9.14. The molecule has 1 fully saturated rings. The lowest BCUT2D eigenvalue weighted by Crippen LogP contribution is -2.51. The second-order valence-electron chi connectivity index (χ2n) is 13.1. The Hall–Kier alpha value is -6.37. The van der Waals surface area contributed by atoms with E-state index in [4.69, 9.17) is 4.74 Å². The first-order valence-corrected chi connectivity index (χ1v) is 17.6. The third kappa shape index (κ3) is 9.73. The molecule has 2 aromatic heterocycles. The minimum atomic E-state index is -1.24. The predicted molar refractivity (Wildman–Crippen MR) is 197 cm³/mol. The Labute approximate surface area is 311 Å². The number of methoxy groups -OCH3 is 2. The maximum absolute atomic E-state index is 13.5. The molecule has 1 aliphatic heterocycles. The first-order valence-electron chi connectivity index (χ1n) is 17.6. The van der Waals surface area contributed by atoms with Crippen LogP contribution in [0.5, 0.6) is 0 Å². The van der Waals surface area contributed by atoms with Crippen molar-refractivity contribution in [1.82, 2.24) is 40.8 Å². The van der Waals surface area contributed by atoms with Crippen LogP contribution in [0.15, 0.2) is 42.6 Å². The van der Waals surface area contributed by atoms with Crippen LogP contribution in [0, 0.1) is 17.8 Å². The summed E-state index contributed by atoms with van der Waals surface area (Å²) in [6.07, 6.45) is 3.94. The van der Waals surface area contributed by atoms with Gasteiger partial charge in [0.2, 0.25) is 11.8 Å². The molecule has 6 N–H and O–H groups in total. The Kier molecular flexibility index (Phi) is 12.9. The van der Waals surface area contributed by atoms with E-state index in [0.717, 1.165) is 40.7 Å². The highest BCUT2D eigenvalue weighted by Gasteiger charge is 2.38. The molecule has 0 spiro atoms. The molecule has 3 heterocycles. The van der Waals surface area contributed by atoms with E-state index in [-0.39, 0.29) is 35.7 Å². The number of imidazole rings is 2. The number of hydrogen-bond donors (Lipinski definition) is 6. The van der Waals surface area contributed by atoms with Gasteiger partial charge in [-0.3, -0.25) is 9.59 Å². The average Bonchev–Trinajstić information content (AvgIpc) is 3.94. The minimum Gasteiger partial charge on any atom is -0.476 e. The van der Waals surface area contributed by atoms with Gasteiger partial charge in [0.15, 0.2) is 5.69 Å². The van der Waals surface area contributed by atoms with Crippen molar-refractivity contribution in [3.05, 3.63) is 71.2 Å². The number of carbonyl (C=O) groups excluding carboxylic acids is 4. The number of unbranched alkanes of at least 4 members (excludes halogenated alkanes) is 1. The third-order valence-corrected chi connectivity index (χ3v) is 9.02. The van der Waals surface area contributed by atoms with Crippen molar-refractivity contribution in [3.8, 4) is 23.1 Å². The topological polar surface area (TPSA) is 221 Å². The summed E-state index contributed by atoms with van der Waals surface area (Å²) in [5.74, 6) is 5.12. The Morgan fingerprint density at radius 2 is 1.74 bits per heavy atom. The number of benzene rings is 2. The lowest BCUT2D eigenvalue weighted by atomic mass is 10.0. The molecule has 4 amide bonds. The van der Waals surface area contributed by atoms with Gasteiger partial charge in [-0.05, 0) is 66.5 Å². The summed E-state index contributed by atoms with van der Waals surface area (Å²) in [5.41, 5.74) is 2.41. The van der Waals surface area contributed by atoms with E-state index in [2.05, 4.69) is 52.5 Å². The monoisotopic (exact) mass is 740 g/mol. The van der Waals surface area contributed by atoms with Gasteiger partial charge in [-0.25, -0.2) is 24.4 Å². The normalized spacial score (nSPS) is 14.2. The maximum atomic E-state index is 13.5. The lowest BCUT2D eigenvalue weighted by Gasteiger charge is -2.29. The molecule has 0 aliphatic carbocycles. The van der Waals surface area contributed by atoms with Crippen molar-refractivity contribution in [3.63, 3.8) is 0 Å². The minimum absolute atomic E-state index is 0.132. The van der Waals surface area contributed by atoms with Crippen molar-refractivity contribution < 1.29 is 38.6 Å². The van der Waals surface area contributed by atoms with E-state index in [1.807, 2.05) is 50.2 Å². The van der Waals surface area contributed by atoms with E-state index in [9.17, 15) is 29.1 Å². The summed E-state index contributed by atoms with van der Waals surface area (Å²) in [6, 6.07) is 10.4. The molecule has 2 unspecified atom stereocenters. The van der Waals surface area contributed by atoms with Crippen LogP contribution in [-0.2, 0) is 25.5 Å². The maximum Gasteiger partial charge on any atom is 0.407 e. The molecule has 1 aliphatic rings. The van der Waals surface area contributed by atoms with Crippen LogP contribution in [0.2, 0.25) is 0 Å². The number of rotatable bonds is 13. The summed E-state index contributed by atoms with van der Waals surface area (Å²) in [4.78, 5) is 77.4.